The van der Waals surface area contributed by atoms with Gasteiger partial charge in [-0.1, -0.05) is 6.92 Å². The van der Waals surface area contributed by atoms with Gasteiger partial charge in [0.2, 0.25) is 0 Å². The van der Waals surface area contributed by atoms with Crippen LogP contribution in [0.3, 0.4) is 0 Å². The van der Waals surface area contributed by atoms with Crippen molar-refractivity contribution in [2.45, 2.75) is 20.3 Å². The minimum absolute atomic E-state index is 0. The van der Waals surface area contributed by atoms with E-state index in [0.29, 0.717) is 6.01 Å². The molecule has 3 nitrogen and oxygen atoms in total. The maximum atomic E-state index is 5.25. The van der Waals surface area contributed by atoms with Gasteiger partial charge in [-0.2, -0.15) is 0 Å². The number of nitrogens with one attached hydrogen (secondary N) is 1. The Morgan fingerprint density at radius 1 is 1.55 bits per heavy atom. The summed E-state index contributed by atoms with van der Waals surface area (Å²) in [6, 6.07) is 0.624. The summed E-state index contributed by atoms with van der Waals surface area (Å²) in [7, 11) is 0. The van der Waals surface area contributed by atoms with Crippen LogP contribution in [0.2, 0.25) is 0 Å². The molecule has 0 unspecified atom stereocenters. The van der Waals surface area contributed by atoms with Gasteiger partial charge in [0.25, 0.3) is 6.01 Å². The number of halogens is 1. The number of hydrogen-bond donors (Lipinski definition) is 1. The first kappa shape index (κ1) is 10.3. The van der Waals surface area contributed by atoms with Gasteiger partial charge in [-0.25, -0.2) is 4.98 Å². The number of anilines is 1. The third-order valence-corrected chi connectivity index (χ3v) is 1.23. The minimum atomic E-state index is 0. The Morgan fingerprint density at radius 3 is 2.73 bits per heavy atom. The molecule has 64 valence electrons. The Labute approximate surface area is 72.6 Å². The first-order chi connectivity index (χ1) is 4.86. The van der Waals surface area contributed by atoms with Crippen LogP contribution in [0.1, 0.15) is 19.6 Å². The van der Waals surface area contributed by atoms with Crippen LogP contribution in [-0.2, 0) is 6.42 Å². The summed E-state index contributed by atoms with van der Waals surface area (Å²) >= 11 is 0. The van der Waals surface area contributed by atoms with Gasteiger partial charge in [0.05, 0.1) is 6.20 Å². The predicted molar refractivity (Wildman–Crippen MR) is 47.3 cm³/mol. The molecular formula is C7H13ClN2O. The lowest BCUT2D eigenvalue weighted by molar-refractivity contribution is 0.523. The van der Waals surface area contributed by atoms with Crippen LogP contribution in [0.5, 0.6) is 0 Å². The largest absolute Gasteiger partial charge is 0.429 e. The number of oxazole rings is 1. The van der Waals surface area contributed by atoms with Crippen molar-refractivity contribution in [2.24, 2.45) is 0 Å². The van der Waals surface area contributed by atoms with Crippen molar-refractivity contribution >= 4 is 18.4 Å². The van der Waals surface area contributed by atoms with E-state index in [1.807, 2.05) is 13.8 Å². The SMILES string of the molecule is CCNc1ncc(CC)o1.Cl. The van der Waals surface area contributed by atoms with Crippen LogP contribution in [0.25, 0.3) is 0 Å². The highest BCUT2D eigenvalue weighted by molar-refractivity contribution is 5.85. The minimum Gasteiger partial charge on any atom is -0.429 e. The van der Waals surface area contributed by atoms with Crippen LogP contribution in [0.15, 0.2) is 10.6 Å². The smallest absolute Gasteiger partial charge is 0.294 e. The van der Waals surface area contributed by atoms with Crippen molar-refractivity contribution in [3.05, 3.63) is 12.0 Å². The first-order valence-electron chi connectivity index (χ1n) is 3.55. The fraction of sp³-hybridized carbons (Fsp3) is 0.571. The van der Waals surface area contributed by atoms with E-state index in [1.54, 1.807) is 6.20 Å². The van der Waals surface area contributed by atoms with Crippen LogP contribution in [-0.4, -0.2) is 11.5 Å². The molecule has 11 heavy (non-hydrogen) atoms. The molecule has 1 rings (SSSR count). The molecule has 0 fully saturated rings. The number of aryl methyl sites for hydroxylation is 1. The molecular weight excluding hydrogens is 164 g/mol. The van der Waals surface area contributed by atoms with E-state index in [2.05, 4.69) is 10.3 Å². The van der Waals surface area contributed by atoms with E-state index in [-0.39, 0.29) is 12.4 Å². The number of aromatic nitrogens is 1. The Hall–Kier alpha value is -0.700. The van der Waals surface area contributed by atoms with Gasteiger partial charge in [-0.3, -0.25) is 0 Å². The molecule has 0 amide bonds. The van der Waals surface area contributed by atoms with E-state index >= 15 is 0 Å². The zero-order chi connectivity index (χ0) is 7.40. The average molecular weight is 177 g/mol. The third-order valence-electron chi connectivity index (χ3n) is 1.23. The molecule has 1 N–H and O–H groups in total. The highest BCUT2D eigenvalue weighted by Crippen LogP contribution is 2.07. The second-order valence-electron chi connectivity index (χ2n) is 2.02. The van der Waals surface area contributed by atoms with E-state index in [0.717, 1.165) is 18.7 Å². The summed E-state index contributed by atoms with van der Waals surface area (Å²) in [6.45, 7) is 4.90. The molecule has 0 saturated heterocycles. The predicted octanol–water partition coefficient (Wildman–Crippen LogP) is 2.09. The highest BCUT2D eigenvalue weighted by atomic mass is 35.5. The van der Waals surface area contributed by atoms with Crippen molar-refractivity contribution in [1.29, 1.82) is 0 Å². The lowest BCUT2D eigenvalue weighted by Gasteiger charge is -1.92. The van der Waals surface area contributed by atoms with E-state index in [1.165, 1.54) is 0 Å². The molecule has 0 bridgehead atoms. The second kappa shape index (κ2) is 5.02. The lowest BCUT2D eigenvalue weighted by Crippen LogP contribution is -1.95. The quantitative estimate of drug-likeness (QED) is 0.767. The molecule has 0 radical (unpaired) electrons. The van der Waals surface area contributed by atoms with Crippen LogP contribution >= 0.6 is 12.4 Å². The molecule has 0 aliphatic rings. The first-order valence-corrected chi connectivity index (χ1v) is 3.55. The summed E-state index contributed by atoms with van der Waals surface area (Å²) in [6.07, 6.45) is 2.65. The lowest BCUT2D eigenvalue weighted by atomic mass is 10.4. The Morgan fingerprint density at radius 2 is 2.27 bits per heavy atom. The molecule has 4 heteroatoms. The Bertz CT molecular complexity index is 200. The topological polar surface area (TPSA) is 38.1 Å². The van der Waals surface area contributed by atoms with Gasteiger partial charge in [-0.15, -0.1) is 12.4 Å². The molecule has 0 aromatic carbocycles. The van der Waals surface area contributed by atoms with Gasteiger partial charge in [0, 0.05) is 13.0 Å². The monoisotopic (exact) mass is 176 g/mol. The normalized spacial score (nSPS) is 8.91. The maximum absolute atomic E-state index is 5.25. The van der Waals surface area contributed by atoms with Crippen molar-refractivity contribution in [1.82, 2.24) is 4.98 Å². The second-order valence-corrected chi connectivity index (χ2v) is 2.02. The highest BCUT2D eigenvalue weighted by Gasteiger charge is 1.97. The van der Waals surface area contributed by atoms with Gasteiger partial charge >= 0.3 is 0 Å². The maximum Gasteiger partial charge on any atom is 0.294 e. The standard InChI is InChI=1S/C7H12N2O.ClH/c1-3-6-5-9-7(10-6)8-4-2;/h5H,3-4H2,1-2H3,(H,8,9);1H. The summed E-state index contributed by atoms with van der Waals surface area (Å²) < 4.78 is 5.25. The summed E-state index contributed by atoms with van der Waals surface area (Å²) in [4.78, 5) is 4.00. The number of rotatable bonds is 3. The number of nitrogens with zero attached hydrogens (tertiary/aromatic N) is 1. The van der Waals surface area contributed by atoms with Crippen LogP contribution in [0, 0.1) is 0 Å². The molecule has 1 aromatic heterocycles. The average Bonchev–Trinajstić information content (AvgIpc) is 2.37. The van der Waals surface area contributed by atoms with Gasteiger partial charge < -0.3 is 9.73 Å². The summed E-state index contributed by atoms with van der Waals surface area (Å²) in [5, 5.41) is 2.98. The van der Waals surface area contributed by atoms with Crippen molar-refractivity contribution in [3.8, 4) is 0 Å². The molecule has 0 aliphatic heterocycles. The van der Waals surface area contributed by atoms with Crippen molar-refractivity contribution in [2.75, 3.05) is 11.9 Å². The molecule has 1 aromatic rings. The van der Waals surface area contributed by atoms with E-state index in [9.17, 15) is 0 Å². The molecule has 0 atom stereocenters. The third kappa shape index (κ3) is 2.80. The number of hydrogen-bond acceptors (Lipinski definition) is 3. The van der Waals surface area contributed by atoms with Crippen molar-refractivity contribution in [3.63, 3.8) is 0 Å². The van der Waals surface area contributed by atoms with E-state index in [4.69, 9.17) is 4.42 Å². The van der Waals surface area contributed by atoms with E-state index < -0.39 is 0 Å². The summed E-state index contributed by atoms with van der Waals surface area (Å²) in [5.41, 5.74) is 0. The Balaban J connectivity index is 0.000001000. The molecule has 0 saturated carbocycles. The van der Waals surface area contributed by atoms with Gasteiger partial charge in [0.1, 0.15) is 5.76 Å². The molecule has 1 heterocycles. The fourth-order valence-electron chi connectivity index (χ4n) is 0.704. The van der Waals surface area contributed by atoms with Gasteiger partial charge in [0.15, 0.2) is 0 Å². The Kier molecular flexibility index (Phi) is 4.70. The van der Waals surface area contributed by atoms with Gasteiger partial charge in [-0.05, 0) is 6.92 Å². The molecule has 0 spiro atoms. The van der Waals surface area contributed by atoms with Crippen LogP contribution < -0.4 is 5.32 Å². The zero-order valence-electron chi connectivity index (χ0n) is 6.76. The zero-order valence-corrected chi connectivity index (χ0v) is 7.57. The molecule has 0 aliphatic carbocycles. The summed E-state index contributed by atoms with van der Waals surface area (Å²) in [5.74, 6) is 0.927. The van der Waals surface area contributed by atoms with Crippen molar-refractivity contribution < 1.29 is 4.42 Å². The fourth-order valence-corrected chi connectivity index (χ4v) is 0.704. The van der Waals surface area contributed by atoms with Crippen LogP contribution in [0.4, 0.5) is 6.01 Å².